The third kappa shape index (κ3) is 4.57. The number of benzene rings is 2. The lowest BCUT2D eigenvalue weighted by atomic mass is 9.86. The van der Waals surface area contributed by atoms with Crippen molar-refractivity contribution >= 4 is 5.91 Å². The van der Waals surface area contributed by atoms with Gasteiger partial charge in [0.25, 0.3) is 5.91 Å². The average Bonchev–Trinajstić information content (AvgIpc) is 2.72. The molecule has 1 amide bonds. The van der Waals surface area contributed by atoms with Crippen LogP contribution in [-0.4, -0.2) is 36.1 Å². The van der Waals surface area contributed by atoms with Crippen molar-refractivity contribution in [3.05, 3.63) is 65.2 Å². The molecule has 3 atom stereocenters. The number of carbonyl (C=O) groups excluding carboxylic acids is 1. The molecular weight excluding hydrogens is 372 g/mol. The number of nitrogens with zero attached hydrogens (tertiary/aromatic N) is 1. The van der Waals surface area contributed by atoms with Crippen molar-refractivity contribution in [2.75, 3.05) is 7.11 Å². The van der Waals surface area contributed by atoms with E-state index in [1.807, 2.05) is 30.3 Å². The van der Waals surface area contributed by atoms with Gasteiger partial charge in [0.05, 0.1) is 24.3 Å². The van der Waals surface area contributed by atoms with E-state index < -0.39 is 29.9 Å². The summed E-state index contributed by atoms with van der Waals surface area (Å²) in [5.74, 6) is -0.0257. The van der Waals surface area contributed by atoms with Crippen LogP contribution in [0.3, 0.4) is 0 Å². The van der Waals surface area contributed by atoms with Gasteiger partial charge in [0.15, 0.2) is 0 Å². The maximum absolute atomic E-state index is 12.8. The van der Waals surface area contributed by atoms with Gasteiger partial charge in [-0.3, -0.25) is 4.79 Å². The van der Waals surface area contributed by atoms with E-state index in [4.69, 9.17) is 14.2 Å². The number of carbonyl (C=O) groups is 1. The van der Waals surface area contributed by atoms with Crippen LogP contribution in [0.1, 0.15) is 36.6 Å². The molecule has 2 aromatic carbocycles. The number of aliphatic hydroxyl groups is 1. The van der Waals surface area contributed by atoms with Gasteiger partial charge in [0, 0.05) is 12.7 Å². The van der Waals surface area contributed by atoms with Gasteiger partial charge < -0.3 is 24.6 Å². The van der Waals surface area contributed by atoms with Gasteiger partial charge in [-0.25, -0.2) is 0 Å². The van der Waals surface area contributed by atoms with E-state index in [2.05, 4.69) is 11.4 Å². The van der Waals surface area contributed by atoms with Crippen LogP contribution >= 0.6 is 0 Å². The molecule has 0 saturated carbocycles. The van der Waals surface area contributed by atoms with E-state index in [1.54, 1.807) is 32.0 Å². The topological polar surface area (TPSA) is 101 Å². The normalized spacial score (nSPS) is 20.7. The molecule has 7 heteroatoms. The molecule has 0 spiro atoms. The molecule has 7 nitrogen and oxygen atoms in total. The predicted octanol–water partition coefficient (Wildman–Crippen LogP) is 2.44. The predicted molar refractivity (Wildman–Crippen MR) is 105 cm³/mol. The Bertz CT molecular complexity index is 907. The van der Waals surface area contributed by atoms with Gasteiger partial charge in [-0.05, 0) is 37.6 Å². The SMILES string of the molecule is COC(OCc1ccccc1)C(=O)N[C@H]1c2cc(C#N)ccc2OC(C)(C)[C@@H]1O. The second-order valence-corrected chi connectivity index (χ2v) is 7.37. The Morgan fingerprint density at radius 3 is 2.69 bits per heavy atom. The summed E-state index contributed by atoms with van der Waals surface area (Å²) in [6.07, 6.45) is -2.20. The molecular formula is C22H24N2O5. The summed E-state index contributed by atoms with van der Waals surface area (Å²) >= 11 is 0. The highest BCUT2D eigenvalue weighted by atomic mass is 16.7. The molecule has 0 bridgehead atoms. The van der Waals surface area contributed by atoms with Crippen molar-refractivity contribution in [1.29, 1.82) is 5.26 Å². The first-order valence-corrected chi connectivity index (χ1v) is 9.25. The first kappa shape index (κ1) is 20.8. The highest BCUT2D eigenvalue weighted by Crippen LogP contribution is 2.40. The van der Waals surface area contributed by atoms with Gasteiger partial charge in [0.2, 0.25) is 6.29 Å². The highest BCUT2D eigenvalue weighted by molar-refractivity contribution is 5.80. The second-order valence-electron chi connectivity index (χ2n) is 7.37. The summed E-state index contributed by atoms with van der Waals surface area (Å²) in [6, 6.07) is 15.6. The molecule has 0 saturated heterocycles. The number of nitrogens with one attached hydrogen (secondary N) is 1. The van der Waals surface area contributed by atoms with Gasteiger partial charge >= 0.3 is 0 Å². The third-order valence-electron chi connectivity index (χ3n) is 4.85. The van der Waals surface area contributed by atoms with Gasteiger partial charge in [-0.2, -0.15) is 5.26 Å². The first-order valence-electron chi connectivity index (χ1n) is 9.25. The zero-order valence-corrected chi connectivity index (χ0v) is 16.6. The van der Waals surface area contributed by atoms with E-state index in [1.165, 1.54) is 7.11 Å². The van der Waals surface area contributed by atoms with E-state index in [-0.39, 0.29) is 6.61 Å². The number of methoxy groups -OCH3 is 1. The minimum atomic E-state index is -1.16. The smallest absolute Gasteiger partial charge is 0.277 e. The second kappa shape index (κ2) is 8.62. The summed E-state index contributed by atoms with van der Waals surface area (Å²) < 4.78 is 16.7. The molecule has 0 aromatic heterocycles. The van der Waals surface area contributed by atoms with Gasteiger partial charge in [-0.15, -0.1) is 0 Å². The molecule has 2 aromatic rings. The molecule has 1 heterocycles. The Balaban J connectivity index is 1.79. The highest BCUT2D eigenvalue weighted by Gasteiger charge is 2.44. The van der Waals surface area contributed by atoms with Crippen molar-refractivity contribution in [3.63, 3.8) is 0 Å². The van der Waals surface area contributed by atoms with E-state index in [0.29, 0.717) is 16.9 Å². The summed E-state index contributed by atoms with van der Waals surface area (Å²) in [5, 5.41) is 22.8. The Kier molecular flexibility index (Phi) is 6.18. The Hall–Kier alpha value is -2.92. The number of hydrogen-bond donors (Lipinski definition) is 2. The largest absolute Gasteiger partial charge is 0.485 e. The van der Waals surface area contributed by atoms with Crippen molar-refractivity contribution in [2.45, 2.75) is 44.5 Å². The molecule has 2 N–H and O–H groups in total. The van der Waals surface area contributed by atoms with Crippen LogP contribution in [0, 0.1) is 11.3 Å². The van der Waals surface area contributed by atoms with E-state index in [0.717, 1.165) is 5.56 Å². The summed E-state index contributed by atoms with van der Waals surface area (Å²) in [6.45, 7) is 3.67. The minimum absolute atomic E-state index is 0.198. The average molecular weight is 396 g/mol. The number of ether oxygens (including phenoxy) is 3. The van der Waals surface area contributed by atoms with Crippen LogP contribution in [-0.2, 0) is 20.9 Å². The number of fused-ring (bicyclic) bond motifs is 1. The fraction of sp³-hybridized carbons (Fsp3) is 0.364. The summed E-state index contributed by atoms with van der Waals surface area (Å²) in [7, 11) is 1.38. The van der Waals surface area contributed by atoms with Crippen LogP contribution < -0.4 is 10.1 Å². The molecule has 1 aliphatic heterocycles. The van der Waals surface area contributed by atoms with Crippen molar-refractivity contribution in [1.82, 2.24) is 5.32 Å². The summed E-state index contributed by atoms with van der Waals surface area (Å²) in [5.41, 5.74) is 0.898. The van der Waals surface area contributed by atoms with Crippen molar-refractivity contribution in [3.8, 4) is 11.8 Å². The van der Waals surface area contributed by atoms with Crippen LogP contribution in [0.4, 0.5) is 0 Å². The molecule has 1 unspecified atom stereocenters. The number of hydrogen-bond acceptors (Lipinski definition) is 6. The lowest BCUT2D eigenvalue weighted by Crippen LogP contribution is -2.55. The van der Waals surface area contributed by atoms with Crippen LogP contribution in [0.25, 0.3) is 0 Å². The Labute approximate surface area is 169 Å². The number of amides is 1. The molecule has 152 valence electrons. The van der Waals surface area contributed by atoms with E-state index in [9.17, 15) is 15.2 Å². The molecule has 0 aliphatic carbocycles. The Morgan fingerprint density at radius 1 is 1.31 bits per heavy atom. The minimum Gasteiger partial charge on any atom is -0.485 e. The van der Waals surface area contributed by atoms with Crippen LogP contribution in [0.2, 0.25) is 0 Å². The maximum Gasteiger partial charge on any atom is 0.277 e. The quantitative estimate of drug-likeness (QED) is 0.728. The zero-order chi connectivity index (χ0) is 21.0. The lowest BCUT2D eigenvalue weighted by molar-refractivity contribution is -0.171. The van der Waals surface area contributed by atoms with Crippen molar-refractivity contribution < 1.29 is 24.1 Å². The van der Waals surface area contributed by atoms with E-state index >= 15 is 0 Å². The van der Waals surface area contributed by atoms with Gasteiger partial charge in [-0.1, -0.05) is 30.3 Å². The zero-order valence-electron chi connectivity index (χ0n) is 16.6. The third-order valence-corrected chi connectivity index (χ3v) is 4.85. The fourth-order valence-electron chi connectivity index (χ4n) is 3.24. The molecule has 1 aliphatic rings. The number of aliphatic hydroxyl groups excluding tert-OH is 1. The monoisotopic (exact) mass is 396 g/mol. The van der Waals surface area contributed by atoms with Crippen LogP contribution in [0.5, 0.6) is 5.75 Å². The summed E-state index contributed by atoms with van der Waals surface area (Å²) in [4.78, 5) is 12.8. The molecule has 3 rings (SSSR count). The van der Waals surface area contributed by atoms with Gasteiger partial charge in [0.1, 0.15) is 17.5 Å². The molecule has 0 fully saturated rings. The standard InChI is InChI=1S/C22H24N2O5/c1-22(2)19(25)18(16-11-15(12-23)9-10-17(16)29-22)24-20(26)21(27-3)28-13-14-7-5-4-6-8-14/h4-11,18-19,21,25H,13H2,1-3H3,(H,24,26)/t18-,19+,21?/m0/s1. The number of nitriles is 1. The lowest BCUT2D eigenvalue weighted by Gasteiger charge is -2.42. The Morgan fingerprint density at radius 2 is 2.03 bits per heavy atom. The van der Waals surface area contributed by atoms with Crippen molar-refractivity contribution in [2.24, 2.45) is 0 Å². The van der Waals surface area contributed by atoms with Crippen LogP contribution in [0.15, 0.2) is 48.5 Å². The first-order chi connectivity index (χ1) is 13.9. The fourth-order valence-corrected chi connectivity index (χ4v) is 3.24. The molecule has 29 heavy (non-hydrogen) atoms. The number of rotatable bonds is 6. The molecule has 0 radical (unpaired) electrons. The maximum atomic E-state index is 12.8.